The lowest BCUT2D eigenvalue weighted by Gasteiger charge is -2.04. The summed E-state index contributed by atoms with van der Waals surface area (Å²) in [6.07, 6.45) is -2.46. The molecule has 0 aliphatic rings. The number of phenolic OH excluding ortho intramolecular Hbond substituents is 1. The maximum Gasteiger partial charge on any atom is 0.261 e. The Balaban J connectivity index is 2.47. The van der Waals surface area contributed by atoms with Crippen molar-refractivity contribution in [2.75, 3.05) is 6.61 Å². The summed E-state index contributed by atoms with van der Waals surface area (Å²) >= 11 is 3.11. The van der Waals surface area contributed by atoms with E-state index in [2.05, 4.69) is 15.9 Å². The van der Waals surface area contributed by atoms with E-state index in [0.717, 1.165) is 0 Å². The number of aromatic hydroxyl groups is 1. The largest absolute Gasteiger partial charge is 0.507 e. The van der Waals surface area contributed by atoms with E-state index in [-0.39, 0.29) is 12.4 Å². The molecule has 1 rings (SSSR count). The van der Waals surface area contributed by atoms with Crippen molar-refractivity contribution in [1.82, 2.24) is 0 Å². The Hall–Kier alpha value is -0.680. The number of alkyl halides is 2. The smallest absolute Gasteiger partial charge is 0.261 e. The van der Waals surface area contributed by atoms with Gasteiger partial charge in [0.05, 0.1) is 11.1 Å². The zero-order valence-electron chi connectivity index (χ0n) is 7.21. The van der Waals surface area contributed by atoms with Crippen LogP contribution in [0.2, 0.25) is 0 Å². The third-order valence-corrected chi connectivity index (χ3v) is 2.19. The summed E-state index contributed by atoms with van der Waals surface area (Å²) < 4.78 is 28.7. The lowest BCUT2D eigenvalue weighted by atomic mass is 10.2. The second kappa shape index (κ2) is 5.26. The average Bonchev–Trinajstić information content (AvgIpc) is 2.10. The van der Waals surface area contributed by atoms with Crippen molar-refractivity contribution in [2.45, 2.75) is 13.0 Å². The van der Waals surface area contributed by atoms with E-state index in [9.17, 15) is 13.9 Å². The van der Waals surface area contributed by atoms with Gasteiger partial charge in [0.15, 0.2) is 0 Å². The van der Waals surface area contributed by atoms with E-state index >= 15 is 0 Å². The Kier molecular flexibility index (Phi) is 4.28. The van der Waals surface area contributed by atoms with Crippen LogP contribution >= 0.6 is 15.9 Å². The topological polar surface area (TPSA) is 29.5 Å². The summed E-state index contributed by atoms with van der Waals surface area (Å²) in [7, 11) is 0. The van der Waals surface area contributed by atoms with Crippen LogP contribution in [-0.4, -0.2) is 18.1 Å². The van der Waals surface area contributed by atoms with Crippen LogP contribution in [0.5, 0.6) is 5.75 Å². The molecule has 0 fully saturated rings. The average molecular weight is 267 g/mol. The normalized spacial score (nSPS) is 10.9. The number of hydrogen-bond acceptors (Lipinski definition) is 2. The minimum absolute atomic E-state index is 0.0724. The highest BCUT2D eigenvalue weighted by molar-refractivity contribution is 9.10. The van der Waals surface area contributed by atoms with E-state index in [0.29, 0.717) is 10.0 Å². The Bertz CT molecular complexity index is 305. The predicted molar refractivity (Wildman–Crippen MR) is 51.5 cm³/mol. The first kappa shape index (κ1) is 11.4. The minimum Gasteiger partial charge on any atom is -0.507 e. The van der Waals surface area contributed by atoms with E-state index in [1.165, 1.54) is 6.07 Å². The molecule has 0 aliphatic heterocycles. The summed E-state index contributed by atoms with van der Waals surface area (Å²) in [6, 6.07) is 4.79. The summed E-state index contributed by atoms with van der Waals surface area (Å²) in [5.41, 5.74) is 0.659. The molecule has 0 bridgehead atoms. The molecule has 0 amide bonds. The Morgan fingerprint density at radius 2 is 2.14 bits per heavy atom. The fraction of sp³-hybridized carbons (Fsp3) is 0.333. The van der Waals surface area contributed by atoms with Crippen molar-refractivity contribution in [3.8, 4) is 5.75 Å². The molecule has 0 radical (unpaired) electrons. The summed E-state index contributed by atoms with van der Waals surface area (Å²) in [5, 5.41) is 9.26. The highest BCUT2D eigenvalue weighted by Crippen LogP contribution is 2.24. The van der Waals surface area contributed by atoms with Crippen molar-refractivity contribution in [3.05, 3.63) is 28.2 Å². The van der Waals surface area contributed by atoms with Crippen LogP contribution in [0.25, 0.3) is 0 Å². The fourth-order valence-electron chi connectivity index (χ4n) is 0.914. The van der Waals surface area contributed by atoms with E-state index < -0.39 is 13.0 Å². The molecule has 0 heterocycles. The maximum absolute atomic E-state index is 11.7. The lowest BCUT2D eigenvalue weighted by Crippen LogP contribution is -2.03. The molecule has 0 spiro atoms. The molecule has 1 aromatic carbocycles. The van der Waals surface area contributed by atoms with E-state index in [1.807, 2.05) is 0 Å². The van der Waals surface area contributed by atoms with E-state index in [1.54, 1.807) is 12.1 Å². The summed E-state index contributed by atoms with van der Waals surface area (Å²) in [6.45, 7) is -0.512. The van der Waals surface area contributed by atoms with Gasteiger partial charge in [0.2, 0.25) is 0 Å². The van der Waals surface area contributed by atoms with Crippen molar-refractivity contribution in [1.29, 1.82) is 0 Å². The van der Waals surface area contributed by atoms with Crippen molar-refractivity contribution < 1.29 is 18.6 Å². The molecule has 0 unspecified atom stereocenters. The van der Waals surface area contributed by atoms with Crippen LogP contribution in [0.1, 0.15) is 5.56 Å². The standard InChI is InChI=1S/C9H9BrF2O2/c10-7-2-1-6(3-8(7)13)4-14-5-9(11)12/h1-3,9,13H,4-5H2. The lowest BCUT2D eigenvalue weighted by molar-refractivity contribution is 0.00984. The van der Waals surface area contributed by atoms with Gasteiger partial charge in [0.1, 0.15) is 12.4 Å². The van der Waals surface area contributed by atoms with E-state index in [4.69, 9.17) is 4.74 Å². The van der Waals surface area contributed by atoms with Gasteiger partial charge in [-0.05, 0) is 33.6 Å². The van der Waals surface area contributed by atoms with Crippen molar-refractivity contribution >= 4 is 15.9 Å². The fourth-order valence-corrected chi connectivity index (χ4v) is 1.16. The molecule has 1 N–H and O–H groups in total. The second-order valence-electron chi connectivity index (χ2n) is 2.69. The molecule has 14 heavy (non-hydrogen) atoms. The number of hydrogen-bond donors (Lipinski definition) is 1. The minimum atomic E-state index is -2.46. The van der Waals surface area contributed by atoms with Crippen LogP contribution in [0.15, 0.2) is 22.7 Å². The molecule has 0 aliphatic carbocycles. The maximum atomic E-state index is 11.7. The van der Waals surface area contributed by atoms with Crippen LogP contribution in [0, 0.1) is 0 Å². The van der Waals surface area contributed by atoms with Gasteiger partial charge in [-0.1, -0.05) is 6.07 Å². The van der Waals surface area contributed by atoms with Gasteiger partial charge in [-0.3, -0.25) is 0 Å². The molecule has 2 nitrogen and oxygen atoms in total. The molecule has 0 aromatic heterocycles. The Labute approximate surface area is 88.6 Å². The first-order valence-corrected chi connectivity index (χ1v) is 4.72. The second-order valence-corrected chi connectivity index (χ2v) is 3.55. The van der Waals surface area contributed by atoms with Crippen LogP contribution in [0.4, 0.5) is 8.78 Å². The van der Waals surface area contributed by atoms with Crippen molar-refractivity contribution in [2.24, 2.45) is 0 Å². The third kappa shape index (κ3) is 3.59. The van der Waals surface area contributed by atoms with Gasteiger partial charge in [-0.25, -0.2) is 8.78 Å². The SMILES string of the molecule is Oc1cc(COCC(F)F)ccc1Br. The monoisotopic (exact) mass is 266 g/mol. The van der Waals surface area contributed by atoms with Gasteiger partial charge >= 0.3 is 0 Å². The van der Waals surface area contributed by atoms with Crippen molar-refractivity contribution in [3.63, 3.8) is 0 Å². The molecule has 0 saturated carbocycles. The number of ether oxygens (including phenoxy) is 1. The molecule has 5 heteroatoms. The van der Waals surface area contributed by atoms with Gasteiger partial charge < -0.3 is 9.84 Å². The number of benzene rings is 1. The van der Waals surface area contributed by atoms with Gasteiger partial charge in [0, 0.05) is 0 Å². The van der Waals surface area contributed by atoms with Gasteiger partial charge in [-0.15, -0.1) is 0 Å². The quantitative estimate of drug-likeness (QED) is 0.908. The molecule has 0 atom stereocenters. The highest BCUT2D eigenvalue weighted by Gasteiger charge is 2.03. The zero-order valence-corrected chi connectivity index (χ0v) is 8.80. The number of halogens is 3. The predicted octanol–water partition coefficient (Wildman–Crippen LogP) is 2.94. The summed E-state index contributed by atoms with van der Waals surface area (Å²) in [4.78, 5) is 0. The molecule has 1 aromatic rings. The van der Waals surface area contributed by atoms with Gasteiger partial charge in [0.25, 0.3) is 6.43 Å². The first-order valence-electron chi connectivity index (χ1n) is 3.93. The Morgan fingerprint density at radius 3 is 2.71 bits per heavy atom. The van der Waals surface area contributed by atoms with Crippen LogP contribution < -0.4 is 0 Å². The number of phenols is 1. The van der Waals surface area contributed by atoms with Crippen LogP contribution in [0.3, 0.4) is 0 Å². The van der Waals surface area contributed by atoms with Gasteiger partial charge in [-0.2, -0.15) is 0 Å². The third-order valence-electron chi connectivity index (χ3n) is 1.52. The molecular formula is C9H9BrF2O2. The molecule has 0 saturated heterocycles. The van der Waals surface area contributed by atoms with Crippen LogP contribution in [-0.2, 0) is 11.3 Å². The Morgan fingerprint density at radius 1 is 1.43 bits per heavy atom. The first-order chi connectivity index (χ1) is 6.59. The molecule has 78 valence electrons. The number of rotatable bonds is 4. The highest BCUT2D eigenvalue weighted by atomic mass is 79.9. The molecular weight excluding hydrogens is 258 g/mol. The zero-order chi connectivity index (χ0) is 10.6. The summed E-state index contributed by atoms with van der Waals surface area (Å²) in [5.74, 6) is 0.0724.